The van der Waals surface area contributed by atoms with Gasteiger partial charge in [0.1, 0.15) is 5.84 Å². The van der Waals surface area contributed by atoms with Crippen LogP contribution in [0.4, 0.5) is 17.1 Å². The molecule has 0 unspecified atom stereocenters. The molecule has 7 rings (SSSR count). The maximum Gasteiger partial charge on any atom is 0.130 e. The highest BCUT2D eigenvalue weighted by Gasteiger charge is 2.15. The summed E-state index contributed by atoms with van der Waals surface area (Å²) in [5.41, 5.74) is 30.0. The van der Waals surface area contributed by atoms with Crippen LogP contribution >= 0.6 is 0 Å². The number of aryl methyl sites for hydroxylation is 1. The van der Waals surface area contributed by atoms with E-state index in [0.717, 1.165) is 51.0 Å². The van der Waals surface area contributed by atoms with Gasteiger partial charge in [0.05, 0.1) is 11.4 Å². The summed E-state index contributed by atoms with van der Waals surface area (Å²) in [6.45, 7) is 8.41. The highest BCUT2D eigenvalue weighted by Crippen LogP contribution is 2.38. The van der Waals surface area contributed by atoms with E-state index in [1.54, 1.807) is 0 Å². The SMILES string of the molecule is C/C(=C/Cc1ccccc1)N=C(N)c1ccccc1.C=Cc1c(CN)c(Nc2ccccc2)c(N)c2ccccc12.Cc1ccc(-c2ccccc2)cc1. The Kier molecular flexibility index (Phi) is 14.1. The molecule has 0 aromatic heterocycles. The maximum atomic E-state index is 6.41. The van der Waals surface area contributed by atoms with Crippen molar-refractivity contribution in [3.05, 3.63) is 216 Å². The molecule has 270 valence electrons. The monoisotopic (exact) mass is 707 g/mol. The molecular formula is C49H49N5. The summed E-state index contributed by atoms with van der Waals surface area (Å²) in [4.78, 5) is 4.42. The van der Waals surface area contributed by atoms with Crippen molar-refractivity contribution in [3.63, 3.8) is 0 Å². The first-order valence-corrected chi connectivity index (χ1v) is 18.1. The van der Waals surface area contributed by atoms with E-state index in [0.29, 0.717) is 18.1 Å². The molecule has 7 aromatic rings. The molecule has 0 radical (unpaired) electrons. The number of benzene rings is 7. The minimum atomic E-state index is 0.394. The van der Waals surface area contributed by atoms with Gasteiger partial charge in [0.2, 0.25) is 0 Å². The van der Waals surface area contributed by atoms with Gasteiger partial charge in [0.25, 0.3) is 0 Å². The second-order valence-corrected chi connectivity index (χ2v) is 12.8. The summed E-state index contributed by atoms with van der Waals surface area (Å²) < 4.78 is 0. The Morgan fingerprint density at radius 1 is 0.667 bits per heavy atom. The fraction of sp³-hybridized carbons (Fsp3) is 0.0816. The minimum Gasteiger partial charge on any atom is -0.397 e. The molecule has 54 heavy (non-hydrogen) atoms. The number of para-hydroxylation sites is 1. The molecule has 0 saturated heterocycles. The normalized spacial score (nSPS) is 11.1. The lowest BCUT2D eigenvalue weighted by Crippen LogP contribution is -2.13. The number of nitrogen functional groups attached to an aromatic ring is 1. The van der Waals surface area contributed by atoms with Gasteiger partial charge in [-0.15, -0.1) is 0 Å². The Hall–Kier alpha value is -6.69. The van der Waals surface area contributed by atoms with Crippen LogP contribution in [0.15, 0.2) is 193 Å². The van der Waals surface area contributed by atoms with Gasteiger partial charge in [-0.1, -0.05) is 182 Å². The summed E-state index contributed by atoms with van der Waals surface area (Å²) in [7, 11) is 0. The van der Waals surface area contributed by atoms with Gasteiger partial charge in [0.15, 0.2) is 0 Å². The number of aliphatic imine (C=N–C) groups is 1. The Balaban J connectivity index is 0.000000161. The Bertz CT molecular complexity index is 2280. The summed E-state index contributed by atoms with van der Waals surface area (Å²) in [5.74, 6) is 0.558. The van der Waals surface area contributed by atoms with Crippen LogP contribution in [-0.2, 0) is 13.0 Å². The zero-order valence-corrected chi connectivity index (χ0v) is 31.1. The molecule has 0 fully saturated rings. The first kappa shape index (κ1) is 38.5. The lowest BCUT2D eigenvalue weighted by molar-refractivity contribution is 1.07. The topological polar surface area (TPSA) is 102 Å². The first-order chi connectivity index (χ1) is 26.4. The van der Waals surface area contributed by atoms with Crippen LogP contribution in [0.2, 0.25) is 0 Å². The van der Waals surface area contributed by atoms with E-state index in [-0.39, 0.29) is 0 Å². The standard InChI is InChI=1S/C19H19N3.C17H18N2.C13H12/c1-2-14-15-10-6-7-11-16(15)18(21)19(17(14)12-20)22-13-8-4-3-5-9-13;1-14(12-13-15-8-4-2-5-9-15)19-17(18)16-10-6-3-7-11-16;1-11-7-9-13(10-8-11)12-5-3-2-4-6-12/h2-11,22H,1,12,20-21H2;2-12H,13H2,1H3,(H2,18,19);2-10H,1H3/b;14-12-;. The van der Waals surface area contributed by atoms with Gasteiger partial charge < -0.3 is 22.5 Å². The number of nitrogens with two attached hydrogens (primary N) is 3. The fourth-order valence-corrected chi connectivity index (χ4v) is 5.97. The van der Waals surface area contributed by atoms with Gasteiger partial charge >= 0.3 is 0 Å². The van der Waals surface area contributed by atoms with Crippen LogP contribution in [0, 0.1) is 6.92 Å². The van der Waals surface area contributed by atoms with E-state index in [4.69, 9.17) is 17.2 Å². The van der Waals surface area contributed by atoms with Crippen LogP contribution in [0.1, 0.15) is 34.7 Å². The largest absolute Gasteiger partial charge is 0.397 e. The predicted octanol–water partition coefficient (Wildman–Crippen LogP) is 11.5. The number of allylic oxidation sites excluding steroid dienone is 2. The van der Waals surface area contributed by atoms with Crippen LogP contribution in [-0.4, -0.2) is 5.84 Å². The molecule has 0 heterocycles. The highest BCUT2D eigenvalue weighted by atomic mass is 14.9. The number of rotatable bonds is 9. The number of hydrogen-bond acceptors (Lipinski definition) is 4. The predicted molar refractivity (Wildman–Crippen MR) is 234 cm³/mol. The highest BCUT2D eigenvalue weighted by molar-refractivity contribution is 6.06. The summed E-state index contributed by atoms with van der Waals surface area (Å²) >= 11 is 0. The van der Waals surface area contributed by atoms with Crippen molar-refractivity contribution in [3.8, 4) is 11.1 Å². The molecule has 0 saturated carbocycles. The van der Waals surface area contributed by atoms with Gasteiger partial charge in [-0.2, -0.15) is 0 Å². The summed E-state index contributed by atoms with van der Waals surface area (Å²) in [6, 6.07) is 57.2. The smallest absolute Gasteiger partial charge is 0.130 e. The third-order valence-corrected chi connectivity index (χ3v) is 8.86. The molecule has 0 spiro atoms. The number of fused-ring (bicyclic) bond motifs is 1. The van der Waals surface area contributed by atoms with Crippen LogP contribution in [0.5, 0.6) is 0 Å². The Morgan fingerprint density at radius 2 is 1.19 bits per heavy atom. The van der Waals surface area contributed by atoms with Crippen molar-refractivity contribution < 1.29 is 0 Å². The van der Waals surface area contributed by atoms with Gasteiger partial charge in [-0.25, -0.2) is 4.99 Å². The summed E-state index contributed by atoms with van der Waals surface area (Å²) in [6.07, 6.45) is 4.81. The van der Waals surface area contributed by atoms with Crippen LogP contribution < -0.4 is 22.5 Å². The molecule has 0 bridgehead atoms. The van der Waals surface area contributed by atoms with Crippen LogP contribution in [0.25, 0.3) is 28.0 Å². The molecule has 0 aliphatic rings. The second kappa shape index (κ2) is 19.8. The van der Waals surface area contributed by atoms with Crippen LogP contribution in [0.3, 0.4) is 0 Å². The fourth-order valence-electron chi connectivity index (χ4n) is 5.97. The molecule has 7 aromatic carbocycles. The quantitative estimate of drug-likeness (QED) is 0.0681. The van der Waals surface area contributed by atoms with Gasteiger partial charge in [-0.3, -0.25) is 0 Å². The van der Waals surface area contributed by atoms with Gasteiger partial charge in [0, 0.05) is 28.9 Å². The number of nitrogens with zero attached hydrogens (tertiary/aromatic N) is 1. The maximum absolute atomic E-state index is 6.41. The summed E-state index contributed by atoms with van der Waals surface area (Å²) in [5, 5.41) is 5.49. The van der Waals surface area contributed by atoms with Crippen molar-refractivity contribution >= 4 is 39.7 Å². The molecular weight excluding hydrogens is 659 g/mol. The number of nitrogens with one attached hydrogen (secondary N) is 1. The lowest BCUT2D eigenvalue weighted by atomic mass is 9.95. The Morgan fingerprint density at radius 3 is 1.78 bits per heavy atom. The van der Waals surface area contributed by atoms with Crippen molar-refractivity contribution in [2.45, 2.75) is 26.8 Å². The number of hydrogen-bond donors (Lipinski definition) is 4. The molecule has 0 aliphatic heterocycles. The van der Waals surface area contributed by atoms with E-state index in [2.05, 4.69) is 90.6 Å². The first-order valence-electron chi connectivity index (χ1n) is 18.1. The average Bonchev–Trinajstić information content (AvgIpc) is 3.23. The number of anilines is 3. The molecule has 0 aliphatic carbocycles. The van der Waals surface area contributed by atoms with Gasteiger partial charge in [-0.05, 0) is 65.6 Å². The molecule has 5 nitrogen and oxygen atoms in total. The van der Waals surface area contributed by atoms with E-state index >= 15 is 0 Å². The van der Waals surface area contributed by atoms with E-state index < -0.39 is 0 Å². The minimum absolute atomic E-state index is 0.394. The number of amidine groups is 1. The Labute approximate surface area is 320 Å². The van der Waals surface area contributed by atoms with Crippen molar-refractivity contribution in [1.82, 2.24) is 0 Å². The zero-order chi connectivity index (χ0) is 38.1. The van der Waals surface area contributed by atoms with Crippen molar-refractivity contribution in [2.24, 2.45) is 16.5 Å². The lowest BCUT2D eigenvalue weighted by Gasteiger charge is -2.19. The molecule has 7 N–H and O–H groups in total. The van der Waals surface area contributed by atoms with E-state index in [1.165, 1.54) is 22.3 Å². The molecule has 0 amide bonds. The third kappa shape index (κ3) is 10.7. The van der Waals surface area contributed by atoms with Crippen molar-refractivity contribution in [2.75, 3.05) is 11.1 Å². The van der Waals surface area contributed by atoms with Crippen molar-refractivity contribution in [1.29, 1.82) is 0 Å². The average molecular weight is 708 g/mol. The molecule has 5 heteroatoms. The second-order valence-electron chi connectivity index (χ2n) is 12.8. The van der Waals surface area contributed by atoms with E-state index in [1.807, 2.05) is 122 Å². The third-order valence-electron chi connectivity index (χ3n) is 8.86. The molecule has 0 atom stereocenters. The van der Waals surface area contributed by atoms with E-state index in [9.17, 15) is 0 Å². The zero-order valence-electron chi connectivity index (χ0n) is 31.1.